The molecular formula is C15H16N6OSe. The Morgan fingerprint density at radius 2 is 2.09 bits per heavy atom. The zero-order valence-corrected chi connectivity index (χ0v) is 14.2. The summed E-state index contributed by atoms with van der Waals surface area (Å²) >= 11 is -0.626. The van der Waals surface area contributed by atoms with Gasteiger partial charge in [-0.05, 0) is 0 Å². The minimum absolute atomic E-state index is 0.308. The Kier molecular flexibility index (Phi) is 3.94. The second-order valence-corrected chi connectivity index (χ2v) is 7.30. The number of nitrogens with zero attached hydrogens (tertiary/aromatic N) is 3. The van der Waals surface area contributed by atoms with Crippen LogP contribution in [0.3, 0.4) is 0 Å². The van der Waals surface area contributed by atoms with Crippen molar-refractivity contribution in [1.29, 1.82) is 0 Å². The van der Waals surface area contributed by atoms with Crippen LogP contribution >= 0.6 is 0 Å². The van der Waals surface area contributed by atoms with Crippen molar-refractivity contribution in [3.05, 3.63) is 41.7 Å². The van der Waals surface area contributed by atoms with Crippen molar-refractivity contribution in [3.63, 3.8) is 0 Å². The van der Waals surface area contributed by atoms with Crippen molar-refractivity contribution in [2.24, 2.45) is 5.73 Å². The molecule has 0 aliphatic rings. The molecule has 0 aliphatic carbocycles. The number of anilines is 2. The van der Waals surface area contributed by atoms with Crippen molar-refractivity contribution in [2.45, 2.75) is 13.5 Å². The van der Waals surface area contributed by atoms with E-state index < -0.39 is 19.8 Å². The van der Waals surface area contributed by atoms with E-state index in [2.05, 4.69) is 16.0 Å². The van der Waals surface area contributed by atoms with Gasteiger partial charge in [-0.2, -0.15) is 0 Å². The van der Waals surface area contributed by atoms with Crippen LogP contribution in [0.5, 0.6) is 0 Å². The molecule has 7 nitrogen and oxygen atoms in total. The summed E-state index contributed by atoms with van der Waals surface area (Å²) in [5, 5.41) is 0.622. The van der Waals surface area contributed by atoms with Crippen LogP contribution in [0.15, 0.2) is 30.6 Å². The molecule has 0 saturated heterocycles. The molecule has 3 aromatic rings. The number of nitrogen functional groups attached to an aromatic ring is 2. The monoisotopic (exact) mass is 376 g/mol. The van der Waals surface area contributed by atoms with E-state index in [4.69, 9.17) is 17.2 Å². The third-order valence-electron chi connectivity index (χ3n) is 3.49. The van der Waals surface area contributed by atoms with E-state index in [0.717, 1.165) is 11.1 Å². The molecule has 2 aromatic heterocycles. The second-order valence-electron chi connectivity index (χ2n) is 5.17. The summed E-state index contributed by atoms with van der Waals surface area (Å²) < 4.78 is 2.49. The number of hydrogen-bond donors (Lipinski definition) is 3. The van der Waals surface area contributed by atoms with Gasteiger partial charge in [0.2, 0.25) is 0 Å². The molecule has 1 aromatic carbocycles. The molecule has 6 N–H and O–H groups in total. The van der Waals surface area contributed by atoms with Gasteiger partial charge in [0.15, 0.2) is 0 Å². The first kappa shape index (κ1) is 15.3. The predicted octanol–water partition coefficient (Wildman–Crippen LogP) is 0.361. The van der Waals surface area contributed by atoms with E-state index in [0.29, 0.717) is 33.7 Å². The SMILES string of the molecule is Cc1cccc(Cn2c(N)c([Se]C(N)=O)c3c(N)ncnc32)c1. The Labute approximate surface area is 139 Å². The zero-order valence-electron chi connectivity index (χ0n) is 12.5. The number of hydrogen-bond acceptors (Lipinski definition) is 5. The Morgan fingerprint density at radius 3 is 2.78 bits per heavy atom. The molecule has 2 heterocycles. The molecule has 0 aliphatic heterocycles. The summed E-state index contributed by atoms with van der Waals surface area (Å²) in [6, 6.07) is 8.11. The fourth-order valence-corrected chi connectivity index (χ4v) is 4.03. The summed E-state index contributed by atoms with van der Waals surface area (Å²) in [7, 11) is 0. The molecule has 0 saturated carbocycles. The number of aryl methyl sites for hydroxylation is 1. The average Bonchev–Trinajstić information content (AvgIpc) is 2.74. The number of rotatable bonds is 4. The number of benzene rings is 1. The van der Waals surface area contributed by atoms with E-state index in [-0.39, 0.29) is 0 Å². The molecule has 0 bridgehead atoms. The molecule has 8 heteroatoms. The first-order chi connectivity index (χ1) is 11.0. The van der Waals surface area contributed by atoms with Gasteiger partial charge in [-0.3, -0.25) is 0 Å². The van der Waals surface area contributed by atoms with Crippen molar-refractivity contribution in [3.8, 4) is 0 Å². The Morgan fingerprint density at radius 1 is 1.30 bits per heavy atom. The zero-order chi connectivity index (χ0) is 16.6. The van der Waals surface area contributed by atoms with Crippen LogP contribution in [0.4, 0.5) is 16.4 Å². The Bertz CT molecular complexity index is 904. The van der Waals surface area contributed by atoms with Gasteiger partial charge in [0.25, 0.3) is 0 Å². The molecule has 0 spiro atoms. The number of primary amides is 1. The quantitative estimate of drug-likeness (QED) is 0.568. The van der Waals surface area contributed by atoms with Crippen LogP contribution in [0.2, 0.25) is 0 Å². The van der Waals surface area contributed by atoms with Gasteiger partial charge in [-0.1, -0.05) is 0 Å². The van der Waals surface area contributed by atoms with Gasteiger partial charge in [0.1, 0.15) is 0 Å². The molecule has 118 valence electrons. The molecule has 0 atom stereocenters. The topological polar surface area (TPSA) is 126 Å². The standard InChI is InChI=1S/C15H16N6OSe/c1-8-3-2-4-9(5-8)6-21-13(17)11(23-15(18)22)10-12(16)19-7-20-14(10)21/h2-5,7H,6,17H2,1H3,(H2,18,22)(H2,16,19,20). The van der Waals surface area contributed by atoms with Crippen molar-refractivity contribution >= 4 is 46.9 Å². The summed E-state index contributed by atoms with van der Waals surface area (Å²) in [5.41, 5.74) is 20.5. The van der Waals surface area contributed by atoms with Crippen LogP contribution in [-0.4, -0.2) is 34.3 Å². The number of carbonyl (C=O) groups is 1. The molecule has 0 fully saturated rings. The van der Waals surface area contributed by atoms with Crippen molar-refractivity contribution < 1.29 is 4.79 Å². The fraction of sp³-hybridized carbons (Fsp3) is 0.133. The first-order valence-corrected chi connectivity index (χ1v) is 8.59. The molecule has 3 rings (SSSR count). The first-order valence-electron chi connectivity index (χ1n) is 6.88. The van der Waals surface area contributed by atoms with Crippen LogP contribution in [0.25, 0.3) is 11.0 Å². The van der Waals surface area contributed by atoms with Crippen molar-refractivity contribution in [2.75, 3.05) is 11.5 Å². The van der Waals surface area contributed by atoms with Crippen LogP contribution < -0.4 is 21.7 Å². The normalized spacial score (nSPS) is 11.0. The number of amides is 1. The van der Waals surface area contributed by atoms with E-state index in [1.165, 1.54) is 6.33 Å². The molecule has 23 heavy (non-hydrogen) atoms. The van der Waals surface area contributed by atoms with Crippen LogP contribution in [0.1, 0.15) is 11.1 Å². The van der Waals surface area contributed by atoms with Gasteiger partial charge >= 0.3 is 139 Å². The molecular weight excluding hydrogens is 359 g/mol. The maximum atomic E-state index is 11.4. The summed E-state index contributed by atoms with van der Waals surface area (Å²) in [6.07, 6.45) is 1.39. The van der Waals surface area contributed by atoms with Gasteiger partial charge in [-0.15, -0.1) is 0 Å². The Hall–Kier alpha value is -2.57. The van der Waals surface area contributed by atoms with Crippen LogP contribution in [-0.2, 0) is 6.54 Å². The van der Waals surface area contributed by atoms with E-state index in [1.807, 2.05) is 29.7 Å². The molecule has 0 radical (unpaired) electrons. The summed E-state index contributed by atoms with van der Waals surface area (Å²) in [5.74, 6) is 0.773. The number of fused-ring (bicyclic) bond motifs is 1. The van der Waals surface area contributed by atoms with Crippen molar-refractivity contribution in [1.82, 2.24) is 14.5 Å². The minimum atomic E-state index is -0.626. The van der Waals surface area contributed by atoms with Gasteiger partial charge in [0, 0.05) is 0 Å². The van der Waals surface area contributed by atoms with E-state index in [1.54, 1.807) is 0 Å². The fourth-order valence-electron chi connectivity index (χ4n) is 2.53. The Balaban J connectivity index is 2.18. The van der Waals surface area contributed by atoms with Gasteiger partial charge in [0.05, 0.1) is 0 Å². The second kappa shape index (κ2) is 5.91. The number of nitrogens with two attached hydrogens (primary N) is 3. The summed E-state index contributed by atoms with van der Waals surface area (Å²) in [6.45, 7) is 2.57. The van der Waals surface area contributed by atoms with Gasteiger partial charge in [-0.25, -0.2) is 0 Å². The average molecular weight is 375 g/mol. The third-order valence-corrected chi connectivity index (χ3v) is 5.21. The summed E-state index contributed by atoms with van der Waals surface area (Å²) in [4.78, 5) is 19.3. The van der Waals surface area contributed by atoms with E-state index >= 15 is 0 Å². The van der Waals surface area contributed by atoms with Crippen LogP contribution in [0, 0.1) is 6.92 Å². The number of aromatic nitrogens is 3. The predicted molar refractivity (Wildman–Crippen MR) is 91.6 cm³/mol. The molecule has 0 unspecified atom stereocenters. The number of carbonyl (C=O) groups excluding carboxylic acids is 1. The van der Waals surface area contributed by atoms with E-state index in [9.17, 15) is 4.79 Å². The third kappa shape index (κ3) is 2.86. The molecule has 1 amide bonds. The maximum absolute atomic E-state index is 11.4. The van der Waals surface area contributed by atoms with Gasteiger partial charge < -0.3 is 0 Å².